The van der Waals surface area contributed by atoms with Gasteiger partial charge in [0.15, 0.2) is 0 Å². The van der Waals surface area contributed by atoms with Gasteiger partial charge in [-0.25, -0.2) is 4.79 Å². The summed E-state index contributed by atoms with van der Waals surface area (Å²) in [6, 6.07) is 0. The van der Waals surface area contributed by atoms with Crippen LogP contribution in [0.4, 0.5) is 0 Å². The predicted molar refractivity (Wildman–Crippen MR) is 110 cm³/mol. The van der Waals surface area contributed by atoms with Crippen molar-refractivity contribution in [3.05, 3.63) is 24.4 Å². The summed E-state index contributed by atoms with van der Waals surface area (Å²) in [6.07, 6.45) is 0.911. The van der Waals surface area contributed by atoms with E-state index < -0.39 is 0 Å². The lowest BCUT2D eigenvalue weighted by atomic mass is 9.82. The van der Waals surface area contributed by atoms with E-state index in [0.29, 0.717) is 17.9 Å². The van der Waals surface area contributed by atoms with Crippen LogP contribution in [0.5, 0.6) is 0 Å². The van der Waals surface area contributed by atoms with Gasteiger partial charge in [-0.3, -0.25) is 4.79 Å². The highest BCUT2D eigenvalue weighted by atomic mass is 16.5. The van der Waals surface area contributed by atoms with Crippen LogP contribution in [0, 0.1) is 5.41 Å². The van der Waals surface area contributed by atoms with Crippen molar-refractivity contribution in [2.45, 2.75) is 86.7 Å². The summed E-state index contributed by atoms with van der Waals surface area (Å²) in [5, 5.41) is 6.13. The highest BCUT2D eigenvalue weighted by Gasteiger charge is 2.28. The number of carbonyl (C=O) groups excluding carboxylic acids is 2. The minimum atomic E-state index is -0.312. The molecule has 0 fully saturated rings. The molecule has 0 spiro atoms. The zero-order chi connectivity index (χ0) is 21.3. The first-order chi connectivity index (χ1) is 11.4. The molecule has 5 heteroatoms. The van der Waals surface area contributed by atoms with Crippen molar-refractivity contribution in [3.8, 4) is 0 Å². The zero-order valence-electron chi connectivity index (χ0n) is 18.6. The number of nitrogens with one attached hydrogen (secondary N) is 2. The molecule has 0 aliphatic rings. The second-order valence-corrected chi connectivity index (χ2v) is 9.43. The van der Waals surface area contributed by atoms with Crippen molar-refractivity contribution >= 4 is 11.9 Å². The van der Waals surface area contributed by atoms with Crippen LogP contribution in [-0.4, -0.2) is 29.6 Å². The van der Waals surface area contributed by atoms with E-state index in [2.05, 4.69) is 49.3 Å². The highest BCUT2D eigenvalue weighted by molar-refractivity contribution is 5.92. The van der Waals surface area contributed by atoms with Crippen LogP contribution < -0.4 is 10.6 Å². The van der Waals surface area contributed by atoms with Crippen molar-refractivity contribution in [1.82, 2.24) is 10.6 Å². The topological polar surface area (TPSA) is 67.4 Å². The lowest BCUT2D eigenvalue weighted by Crippen LogP contribution is -2.49. The molecule has 1 amide bonds. The van der Waals surface area contributed by atoms with Gasteiger partial charge in [0.1, 0.15) is 0 Å². The summed E-state index contributed by atoms with van der Waals surface area (Å²) in [7, 11) is 0. The maximum Gasteiger partial charge on any atom is 0.333 e. The molecule has 0 aromatic rings. The van der Waals surface area contributed by atoms with E-state index in [-0.39, 0.29) is 28.4 Å². The van der Waals surface area contributed by atoms with Gasteiger partial charge in [0.25, 0.3) is 5.91 Å². The molecule has 26 heavy (non-hydrogen) atoms. The molecule has 152 valence electrons. The fraction of sp³-hybridized carbons (Fsp3) is 0.714. The molecule has 0 saturated heterocycles. The number of rotatable bonds is 6. The first kappa shape index (κ1) is 26.4. The average Bonchev–Trinajstić information content (AvgIpc) is 2.33. The van der Waals surface area contributed by atoms with E-state index in [4.69, 9.17) is 0 Å². The van der Waals surface area contributed by atoms with E-state index >= 15 is 0 Å². The molecule has 2 N–H and O–H groups in total. The Morgan fingerprint density at radius 2 is 1.38 bits per heavy atom. The van der Waals surface area contributed by atoms with Gasteiger partial charge in [0, 0.05) is 16.7 Å². The van der Waals surface area contributed by atoms with Gasteiger partial charge >= 0.3 is 5.97 Å². The Kier molecular flexibility index (Phi) is 10.6. The quantitative estimate of drug-likeness (QED) is 0.540. The second-order valence-electron chi connectivity index (χ2n) is 9.43. The van der Waals surface area contributed by atoms with Crippen LogP contribution in [0.1, 0.15) is 75.7 Å². The molecule has 0 aromatic heterocycles. The molecule has 0 aliphatic heterocycles. The third-order valence-electron chi connectivity index (χ3n) is 2.85. The van der Waals surface area contributed by atoms with Crippen molar-refractivity contribution in [2.75, 3.05) is 6.61 Å². The van der Waals surface area contributed by atoms with Crippen LogP contribution in [0.2, 0.25) is 0 Å². The first-order valence-electron chi connectivity index (χ1n) is 9.02. The van der Waals surface area contributed by atoms with Crippen LogP contribution in [0.3, 0.4) is 0 Å². The Balaban J connectivity index is 0. The average molecular weight is 369 g/mol. The summed E-state index contributed by atoms with van der Waals surface area (Å²) in [5.74, 6) is -0.438. The molecule has 0 radical (unpaired) electrons. The summed E-state index contributed by atoms with van der Waals surface area (Å²) in [6.45, 7) is 27.6. The fourth-order valence-corrected chi connectivity index (χ4v) is 2.52. The Hall–Kier alpha value is -1.78. The number of hydrogen-bond acceptors (Lipinski definition) is 4. The molecule has 0 atom stereocenters. The normalized spacial score (nSPS) is 11.6. The Morgan fingerprint density at radius 1 is 0.923 bits per heavy atom. The minimum Gasteiger partial charge on any atom is -0.463 e. The van der Waals surface area contributed by atoms with Gasteiger partial charge in [-0.1, -0.05) is 33.9 Å². The third kappa shape index (κ3) is 15.7. The van der Waals surface area contributed by atoms with Gasteiger partial charge < -0.3 is 15.4 Å². The van der Waals surface area contributed by atoms with E-state index in [0.717, 1.165) is 6.42 Å². The summed E-state index contributed by atoms with van der Waals surface area (Å²) >= 11 is 0. The molecule has 0 bridgehead atoms. The van der Waals surface area contributed by atoms with E-state index in [1.807, 2.05) is 34.6 Å². The summed E-state index contributed by atoms with van der Waals surface area (Å²) < 4.78 is 4.56. The van der Waals surface area contributed by atoms with E-state index in [9.17, 15) is 9.59 Å². The standard InChI is InChI=1S/C15H30N2O.C6H10O2/c1-11(16-14(5,6)7)12(18)17-15(8,9)10-13(2,3)4;1-4-8-6(7)5(2)3/h16H,1,10H2,2-9H3,(H,17,18);2,4H2,1,3H3. The smallest absolute Gasteiger partial charge is 0.333 e. The Labute approximate surface area is 160 Å². The van der Waals surface area contributed by atoms with Gasteiger partial charge in [-0.2, -0.15) is 0 Å². The van der Waals surface area contributed by atoms with Crippen molar-refractivity contribution in [3.63, 3.8) is 0 Å². The second kappa shape index (κ2) is 10.4. The predicted octanol–water partition coefficient (Wildman–Crippen LogP) is 4.34. The maximum atomic E-state index is 12.0. The number of carbonyl (C=O) groups is 2. The van der Waals surface area contributed by atoms with Gasteiger partial charge in [0.2, 0.25) is 0 Å². The molecular formula is C21H40N2O3. The SMILES string of the molecule is C=C(C)C(=O)OCC.C=C(NC(C)(C)C)C(=O)NC(C)(C)CC(C)(C)C. The van der Waals surface area contributed by atoms with Crippen LogP contribution in [0.15, 0.2) is 24.4 Å². The Bertz CT molecular complexity index is 506. The third-order valence-corrected chi connectivity index (χ3v) is 2.85. The van der Waals surface area contributed by atoms with E-state index in [1.165, 1.54) is 0 Å². The van der Waals surface area contributed by atoms with Crippen LogP contribution in [-0.2, 0) is 14.3 Å². The van der Waals surface area contributed by atoms with E-state index in [1.54, 1.807) is 13.8 Å². The summed E-state index contributed by atoms with van der Waals surface area (Å²) in [4.78, 5) is 22.5. The monoisotopic (exact) mass is 368 g/mol. The van der Waals surface area contributed by atoms with Gasteiger partial charge in [-0.15, -0.1) is 0 Å². The minimum absolute atomic E-state index is 0.126. The number of ether oxygens (including phenoxy) is 1. The highest BCUT2D eigenvalue weighted by Crippen LogP contribution is 2.26. The molecule has 0 aromatic carbocycles. The van der Waals surface area contributed by atoms with Crippen molar-refractivity contribution in [1.29, 1.82) is 0 Å². The lowest BCUT2D eigenvalue weighted by molar-refractivity contribution is -0.138. The molecule has 0 saturated carbocycles. The van der Waals surface area contributed by atoms with Gasteiger partial charge in [0.05, 0.1) is 12.3 Å². The Morgan fingerprint density at radius 3 is 1.65 bits per heavy atom. The molecule has 0 rings (SSSR count). The molecule has 0 aliphatic carbocycles. The number of esters is 1. The lowest BCUT2D eigenvalue weighted by Gasteiger charge is -2.34. The number of hydrogen-bond donors (Lipinski definition) is 2. The molecular weight excluding hydrogens is 328 g/mol. The largest absolute Gasteiger partial charge is 0.463 e. The van der Waals surface area contributed by atoms with Crippen molar-refractivity contribution in [2.24, 2.45) is 5.41 Å². The van der Waals surface area contributed by atoms with Crippen molar-refractivity contribution < 1.29 is 14.3 Å². The molecule has 0 heterocycles. The number of amides is 1. The van der Waals surface area contributed by atoms with Crippen LogP contribution in [0.25, 0.3) is 0 Å². The maximum absolute atomic E-state index is 12.0. The fourth-order valence-electron chi connectivity index (χ4n) is 2.52. The summed E-state index contributed by atoms with van der Waals surface area (Å²) in [5.41, 5.74) is 0.659. The zero-order valence-corrected chi connectivity index (χ0v) is 18.6. The van der Waals surface area contributed by atoms with Gasteiger partial charge in [-0.05, 0) is 60.3 Å². The first-order valence-corrected chi connectivity index (χ1v) is 9.02. The molecule has 5 nitrogen and oxygen atoms in total. The van der Waals surface area contributed by atoms with Crippen LogP contribution >= 0.6 is 0 Å². The molecule has 0 unspecified atom stereocenters.